The van der Waals surface area contributed by atoms with Gasteiger partial charge in [0.15, 0.2) is 17.1 Å². The van der Waals surface area contributed by atoms with Crippen LogP contribution in [-0.2, 0) is 19.1 Å². The Bertz CT molecular complexity index is 659. The van der Waals surface area contributed by atoms with Gasteiger partial charge in [0.1, 0.15) is 6.61 Å². The van der Waals surface area contributed by atoms with Crippen molar-refractivity contribution in [3.05, 3.63) is 35.5 Å². The summed E-state index contributed by atoms with van der Waals surface area (Å²) in [4.78, 5) is 23.8. The molecule has 1 aromatic carbocycles. The Balaban J connectivity index is 3.16. The van der Waals surface area contributed by atoms with Gasteiger partial charge in [0.05, 0.1) is 24.3 Å². The van der Waals surface area contributed by atoms with Crippen molar-refractivity contribution in [1.29, 1.82) is 0 Å². The third-order valence-corrected chi connectivity index (χ3v) is 3.00. The number of nitrogens with one attached hydrogen (secondary N) is 1. The van der Waals surface area contributed by atoms with Gasteiger partial charge in [-0.05, 0) is 32.9 Å². The van der Waals surface area contributed by atoms with E-state index in [1.165, 1.54) is 6.07 Å². The van der Waals surface area contributed by atoms with Gasteiger partial charge in [-0.25, -0.2) is 14.0 Å². The molecular formula is C17H20ClF2NO5. The summed E-state index contributed by atoms with van der Waals surface area (Å²) in [6.45, 7) is 4.77. The molecule has 0 aliphatic carbocycles. The van der Waals surface area contributed by atoms with Gasteiger partial charge >= 0.3 is 11.9 Å². The molecule has 26 heavy (non-hydrogen) atoms. The smallest absolute Gasteiger partial charge is 0.347 e. The molecule has 0 radical (unpaired) electrons. The van der Waals surface area contributed by atoms with Crippen molar-refractivity contribution in [3.63, 3.8) is 0 Å². The third-order valence-electron chi connectivity index (χ3n) is 2.87. The van der Waals surface area contributed by atoms with Crippen LogP contribution in [0, 0.1) is 11.6 Å². The molecule has 0 heterocycles. The summed E-state index contributed by atoms with van der Waals surface area (Å²) in [5.74, 6) is -4.61. The number of ether oxygens (including phenoxy) is 3. The molecule has 1 atom stereocenters. The van der Waals surface area contributed by atoms with Gasteiger partial charge in [0.25, 0.3) is 0 Å². The van der Waals surface area contributed by atoms with Crippen molar-refractivity contribution in [2.75, 3.05) is 25.1 Å². The first kappa shape index (κ1) is 21.7. The zero-order valence-corrected chi connectivity index (χ0v) is 15.4. The Morgan fingerprint density at radius 3 is 2.27 bits per heavy atom. The van der Waals surface area contributed by atoms with Gasteiger partial charge in [-0.3, -0.25) is 0 Å². The minimum Gasteiger partial charge on any atom is -0.487 e. The van der Waals surface area contributed by atoms with Crippen LogP contribution in [0.25, 0.3) is 0 Å². The van der Waals surface area contributed by atoms with E-state index in [0.717, 1.165) is 12.3 Å². The van der Waals surface area contributed by atoms with Crippen LogP contribution in [0.15, 0.2) is 23.9 Å². The molecule has 0 saturated heterocycles. The second kappa shape index (κ2) is 10.6. The van der Waals surface area contributed by atoms with Gasteiger partial charge < -0.3 is 19.5 Å². The minimum atomic E-state index is -1.23. The molecule has 0 saturated carbocycles. The molecule has 0 aromatic heterocycles. The van der Waals surface area contributed by atoms with Crippen LogP contribution in [0.2, 0.25) is 0 Å². The van der Waals surface area contributed by atoms with E-state index in [1.54, 1.807) is 20.8 Å². The first-order chi connectivity index (χ1) is 12.3. The lowest BCUT2D eigenvalue weighted by Crippen LogP contribution is -2.19. The molecule has 6 nitrogen and oxygen atoms in total. The van der Waals surface area contributed by atoms with Crippen molar-refractivity contribution in [2.45, 2.75) is 26.1 Å². The predicted octanol–water partition coefficient (Wildman–Crippen LogP) is 3.39. The summed E-state index contributed by atoms with van der Waals surface area (Å²) in [5.41, 5.74) is -0.442. The Hall–Kier alpha value is -2.35. The van der Waals surface area contributed by atoms with Crippen molar-refractivity contribution in [2.24, 2.45) is 0 Å². The Morgan fingerprint density at radius 2 is 1.77 bits per heavy atom. The van der Waals surface area contributed by atoms with E-state index in [4.69, 9.17) is 25.8 Å². The maximum absolute atomic E-state index is 14.0. The van der Waals surface area contributed by atoms with Gasteiger partial charge in [-0.2, -0.15) is 4.39 Å². The summed E-state index contributed by atoms with van der Waals surface area (Å²) < 4.78 is 42.2. The van der Waals surface area contributed by atoms with E-state index in [1.807, 2.05) is 0 Å². The fraction of sp³-hybridized carbons (Fsp3) is 0.412. The van der Waals surface area contributed by atoms with Crippen molar-refractivity contribution in [1.82, 2.24) is 0 Å². The first-order valence-electron chi connectivity index (χ1n) is 7.87. The highest BCUT2D eigenvalue weighted by molar-refractivity contribution is 6.20. The molecule has 1 rings (SSSR count). The summed E-state index contributed by atoms with van der Waals surface area (Å²) in [7, 11) is 0. The van der Waals surface area contributed by atoms with Gasteiger partial charge in [-0.1, -0.05) is 0 Å². The van der Waals surface area contributed by atoms with Crippen LogP contribution in [0.5, 0.6) is 5.75 Å². The summed E-state index contributed by atoms with van der Waals surface area (Å²) in [6.07, 6.45) is 0.986. The maximum atomic E-state index is 14.0. The average Bonchev–Trinajstić information content (AvgIpc) is 2.57. The van der Waals surface area contributed by atoms with E-state index in [9.17, 15) is 18.4 Å². The van der Waals surface area contributed by atoms with Crippen molar-refractivity contribution < 1.29 is 32.6 Å². The molecule has 144 valence electrons. The SMILES string of the molecule is CCOC(=O)C(=CNc1ccc(F)c(F)c1OC[C@H](C)Cl)C(=O)OCC. The van der Waals surface area contributed by atoms with Crippen LogP contribution >= 0.6 is 11.6 Å². The summed E-state index contributed by atoms with van der Waals surface area (Å²) in [6, 6.07) is 2.06. The van der Waals surface area contributed by atoms with E-state index >= 15 is 0 Å². The van der Waals surface area contributed by atoms with Crippen LogP contribution in [0.1, 0.15) is 20.8 Å². The molecule has 0 amide bonds. The number of carbonyl (C=O) groups excluding carboxylic acids is 2. The molecule has 0 spiro atoms. The van der Waals surface area contributed by atoms with Crippen LogP contribution in [0.4, 0.5) is 14.5 Å². The lowest BCUT2D eigenvalue weighted by molar-refractivity contribution is -0.146. The third kappa shape index (κ3) is 6.18. The largest absolute Gasteiger partial charge is 0.487 e. The molecule has 0 unspecified atom stereocenters. The monoisotopic (exact) mass is 391 g/mol. The van der Waals surface area contributed by atoms with E-state index < -0.39 is 40.3 Å². The van der Waals surface area contributed by atoms with E-state index in [2.05, 4.69) is 5.32 Å². The number of rotatable bonds is 9. The normalized spacial score (nSPS) is 11.3. The summed E-state index contributed by atoms with van der Waals surface area (Å²) >= 11 is 5.76. The number of alkyl halides is 1. The Kier molecular flexibility index (Phi) is 8.84. The second-order valence-electron chi connectivity index (χ2n) is 4.97. The fourth-order valence-corrected chi connectivity index (χ4v) is 1.82. The molecule has 0 bridgehead atoms. The van der Waals surface area contributed by atoms with E-state index in [-0.39, 0.29) is 25.5 Å². The van der Waals surface area contributed by atoms with Crippen LogP contribution in [0.3, 0.4) is 0 Å². The predicted molar refractivity (Wildman–Crippen MR) is 92.1 cm³/mol. The molecule has 1 aromatic rings. The highest BCUT2D eigenvalue weighted by Gasteiger charge is 2.22. The number of benzene rings is 1. The number of anilines is 1. The van der Waals surface area contributed by atoms with Gasteiger partial charge in [0.2, 0.25) is 5.82 Å². The Morgan fingerprint density at radius 1 is 1.19 bits per heavy atom. The zero-order chi connectivity index (χ0) is 19.7. The molecule has 9 heteroatoms. The minimum absolute atomic E-state index is 0.00712. The standard InChI is InChI=1S/C17H20ClF2NO5/c1-4-24-16(22)11(17(23)25-5-2)8-21-13-7-6-12(19)14(20)15(13)26-9-10(3)18/h6-8,10,21H,4-5,9H2,1-3H3/t10-/m0/s1. The second-order valence-corrected chi connectivity index (χ2v) is 5.72. The molecule has 0 fully saturated rings. The van der Waals surface area contributed by atoms with Gasteiger partial charge in [-0.15, -0.1) is 11.6 Å². The molecule has 1 N–H and O–H groups in total. The molecular weight excluding hydrogens is 372 g/mol. The number of esters is 2. The zero-order valence-electron chi connectivity index (χ0n) is 14.6. The average molecular weight is 392 g/mol. The molecule has 0 aliphatic rings. The topological polar surface area (TPSA) is 73.9 Å². The first-order valence-corrected chi connectivity index (χ1v) is 8.31. The molecule has 0 aliphatic heterocycles. The maximum Gasteiger partial charge on any atom is 0.347 e. The highest BCUT2D eigenvalue weighted by atomic mass is 35.5. The lowest BCUT2D eigenvalue weighted by atomic mass is 10.2. The van der Waals surface area contributed by atoms with Crippen LogP contribution in [-0.4, -0.2) is 37.1 Å². The van der Waals surface area contributed by atoms with Crippen LogP contribution < -0.4 is 10.1 Å². The number of hydrogen-bond donors (Lipinski definition) is 1. The quantitative estimate of drug-likeness (QED) is 0.229. The number of carbonyl (C=O) groups is 2. The Labute approximate surface area is 155 Å². The summed E-state index contributed by atoms with van der Waals surface area (Å²) in [5, 5.41) is 2.10. The number of hydrogen-bond acceptors (Lipinski definition) is 6. The lowest BCUT2D eigenvalue weighted by Gasteiger charge is -2.14. The number of halogens is 3. The fourth-order valence-electron chi connectivity index (χ4n) is 1.75. The highest BCUT2D eigenvalue weighted by Crippen LogP contribution is 2.30. The van der Waals surface area contributed by atoms with E-state index in [0.29, 0.717) is 0 Å². The van der Waals surface area contributed by atoms with Crippen molar-refractivity contribution in [3.8, 4) is 5.75 Å². The van der Waals surface area contributed by atoms with Crippen molar-refractivity contribution >= 4 is 29.2 Å². The van der Waals surface area contributed by atoms with Gasteiger partial charge in [0, 0.05) is 6.20 Å².